The minimum atomic E-state index is 0.494. The van der Waals surface area contributed by atoms with Crippen molar-refractivity contribution in [2.45, 2.75) is 47.2 Å². The number of furan rings is 1. The van der Waals surface area contributed by atoms with Crippen molar-refractivity contribution in [2.75, 3.05) is 20.1 Å². The Bertz CT molecular complexity index is 357. The highest BCUT2D eigenvalue weighted by Gasteiger charge is 2.12. The van der Waals surface area contributed by atoms with Crippen LogP contribution in [0.15, 0.2) is 4.42 Å². The summed E-state index contributed by atoms with van der Waals surface area (Å²) in [6.07, 6.45) is 0. The lowest BCUT2D eigenvalue weighted by Gasteiger charge is -2.20. The van der Waals surface area contributed by atoms with Crippen LogP contribution in [0, 0.1) is 20.8 Å². The molecule has 0 amide bonds. The summed E-state index contributed by atoms with van der Waals surface area (Å²) in [4.78, 5) is 2.32. The molecule has 0 saturated heterocycles. The second-order valence-electron chi connectivity index (χ2n) is 4.95. The van der Waals surface area contributed by atoms with Gasteiger partial charge in [0, 0.05) is 24.7 Å². The molecule has 3 heteroatoms. The van der Waals surface area contributed by atoms with Crippen molar-refractivity contribution in [3.63, 3.8) is 0 Å². The van der Waals surface area contributed by atoms with Crippen molar-refractivity contribution in [2.24, 2.45) is 0 Å². The van der Waals surface area contributed by atoms with Gasteiger partial charge in [0.05, 0.1) is 0 Å². The van der Waals surface area contributed by atoms with Gasteiger partial charge in [0.2, 0.25) is 0 Å². The summed E-state index contributed by atoms with van der Waals surface area (Å²) in [5.41, 5.74) is 2.60. The number of hydrogen-bond donors (Lipinski definition) is 1. The maximum absolute atomic E-state index is 5.63. The van der Waals surface area contributed by atoms with Gasteiger partial charge in [0.1, 0.15) is 11.5 Å². The number of likely N-dealkylation sites (N-methyl/N-ethyl adjacent to an activating group) is 1. The standard InChI is InChI=1S/C14H26N2O/c1-7-16(6)9-10(2)15-8-14-11(3)12(4)17-13(14)5/h10,15H,7-9H2,1-6H3. The van der Waals surface area contributed by atoms with Gasteiger partial charge >= 0.3 is 0 Å². The summed E-state index contributed by atoms with van der Waals surface area (Å²) in [5, 5.41) is 3.56. The van der Waals surface area contributed by atoms with Crippen LogP contribution in [0.5, 0.6) is 0 Å². The van der Waals surface area contributed by atoms with Gasteiger partial charge in [0.15, 0.2) is 0 Å². The predicted molar refractivity (Wildman–Crippen MR) is 72.4 cm³/mol. The molecule has 1 aromatic heterocycles. The molecule has 0 aromatic carbocycles. The van der Waals surface area contributed by atoms with Gasteiger partial charge in [-0.1, -0.05) is 6.92 Å². The van der Waals surface area contributed by atoms with Crippen molar-refractivity contribution in [1.29, 1.82) is 0 Å². The molecule has 0 aliphatic rings. The molecule has 0 bridgehead atoms. The highest BCUT2D eigenvalue weighted by atomic mass is 16.3. The highest BCUT2D eigenvalue weighted by Crippen LogP contribution is 2.20. The lowest BCUT2D eigenvalue weighted by atomic mass is 10.1. The minimum absolute atomic E-state index is 0.494. The largest absolute Gasteiger partial charge is 0.466 e. The van der Waals surface area contributed by atoms with Crippen LogP contribution in [0.2, 0.25) is 0 Å². The Morgan fingerprint density at radius 1 is 1.24 bits per heavy atom. The lowest BCUT2D eigenvalue weighted by molar-refractivity contribution is 0.309. The number of hydrogen-bond acceptors (Lipinski definition) is 3. The first-order valence-electron chi connectivity index (χ1n) is 6.43. The molecule has 1 aromatic rings. The molecule has 0 aliphatic heterocycles. The molecule has 98 valence electrons. The average Bonchev–Trinajstić information content (AvgIpc) is 2.51. The predicted octanol–water partition coefficient (Wildman–Crippen LogP) is 2.63. The molecule has 0 fully saturated rings. The SMILES string of the molecule is CCN(C)CC(C)NCc1c(C)oc(C)c1C. The molecule has 0 aliphatic carbocycles. The summed E-state index contributed by atoms with van der Waals surface area (Å²) in [6, 6.07) is 0.494. The Balaban J connectivity index is 2.50. The number of nitrogens with one attached hydrogen (secondary N) is 1. The quantitative estimate of drug-likeness (QED) is 0.826. The number of nitrogens with zero attached hydrogens (tertiary/aromatic N) is 1. The molecule has 1 rings (SSSR count). The van der Waals surface area contributed by atoms with Crippen molar-refractivity contribution in [1.82, 2.24) is 10.2 Å². The van der Waals surface area contributed by atoms with Crippen molar-refractivity contribution in [3.8, 4) is 0 Å². The second-order valence-corrected chi connectivity index (χ2v) is 4.95. The normalized spacial score (nSPS) is 13.4. The fraction of sp³-hybridized carbons (Fsp3) is 0.714. The van der Waals surface area contributed by atoms with E-state index in [1.807, 2.05) is 13.8 Å². The van der Waals surface area contributed by atoms with E-state index in [4.69, 9.17) is 4.42 Å². The van der Waals surface area contributed by atoms with Crippen LogP contribution in [0.3, 0.4) is 0 Å². The van der Waals surface area contributed by atoms with E-state index in [9.17, 15) is 0 Å². The van der Waals surface area contributed by atoms with Crippen LogP contribution in [0.1, 0.15) is 36.5 Å². The molecule has 3 nitrogen and oxygen atoms in total. The monoisotopic (exact) mass is 238 g/mol. The van der Waals surface area contributed by atoms with E-state index in [-0.39, 0.29) is 0 Å². The van der Waals surface area contributed by atoms with E-state index in [0.29, 0.717) is 6.04 Å². The first kappa shape index (κ1) is 14.3. The van der Waals surface area contributed by atoms with Crippen LogP contribution in [0.25, 0.3) is 0 Å². The van der Waals surface area contributed by atoms with Crippen LogP contribution < -0.4 is 5.32 Å². The van der Waals surface area contributed by atoms with Crippen molar-refractivity contribution < 1.29 is 4.42 Å². The molecule has 0 radical (unpaired) electrons. The smallest absolute Gasteiger partial charge is 0.105 e. The molecule has 1 unspecified atom stereocenters. The zero-order valence-corrected chi connectivity index (χ0v) is 12.1. The van der Waals surface area contributed by atoms with Gasteiger partial charge in [-0.05, 0) is 46.9 Å². The molecule has 1 atom stereocenters. The van der Waals surface area contributed by atoms with Gasteiger partial charge in [0.25, 0.3) is 0 Å². The first-order valence-corrected chi connectivity index (χ1v) is 6.43. The third kappa shape index (κ3) is 3.86. The van der Waals surface area contributed by atoms with E-state index < -0.39 is 0 Å². The first-order chi connectivity index (χ1) is 7.95. The van der Waals surface area contributed by atoms with Gasteiger partial charge in [-0.15, -0.1) is 0 Å². The summed E-state index contributed by atoms with van der Waals surface area (Å²) in [7, 11) is 2.15. The Kier molecular flexibility index (Phi) is 5.22. The third-order valence-corrected chi connectivity index (χ3v) is 3.46. The van der Waals surface area contributed by atoms with Crippen molar-refractivity contribution in [3.05, 3.63) is 22.6 Å². The molecule has 1 heterocycles. The maximum Gasteiger partial charge on any atom is 0.105 e. The van der Waals surface area contributed by atoms with E-state index >= 15 is 0 Å². The van der Waals surface area contributed by atoms with Gasteiger partial charge in [-0.3, -0.25) is 0 Å². The topological polar surface area (TPSA) is 28.4 Å². The minimum Gasteiger partial charge on any atom is -0.466 e. The summed E-state index contributed by atoms with van der Waals surface area (Å²) in [6.45, 7) is 13.7. The molecule has 1 N–H and O–H groups in total. The Morgan fingerprint density at radius 3 is 2.35 bits per heavy atom. The second kappa shape index (κ2) is 6.22. The molecular weight excluding hydrogens is 212 g/mol. The van der Waals surface area contributed by atoms with Crippen LogP contribution in [0.4, 0.5) is 0 Å². The van der Waals surface area contributed by atoms with Crippen molar-refractivity contribution >= 4 is 0 Å². The van der Waals surface area contributed by atoms with E-state index in [0.717, 1.165) is 31.2 Å². The van der Waals surface area contributed by atoms with Gasteiger partial charge in [-0.2, -0.15) is 0 Å². The van der Waals surface area contributed by atoms with Crippen LogP contribution in [-0.4, -0.2) is 31.1 Å². The molecule has 0 spiro atoms. The summed E-state index contributed by atoms with van der Waals surface area (Å²) >= 11 is 0. The van der Waals surface area contributed by atoms with E-state index in [1.54, 1.807) is 0 Å². The molecule has 17 heavy (non-hydrogen) atoms. The Hall–Kier alpha value is -0.800. The number of rotatable bonds is 6. The lowest BCUT2D eigenvalue weighted by Crippen LogP contribution is -2.37. The van der Waals surface area contributed by atoms with Gasteiger partial charge < -0.3 is 14.6 Å². The zero-order chi connectivity index (χ0) is 13.0. The van der Waals surface area contributed by atoms with Crippen LogP contribution >= 0.6 is 0 Å². The average molecular weight is 238 g/mol. The Morgan fingerprint density at radius 2 is 1.88 bits per heavy atom. The maximum atomic E-state index is 5.63. The molecule has 0 saturated carbocycles. The Labute approximate surface area is 105 Å². The zero-order valence-electron chi connectivity index (χ0n) is 12.1. The molecular formula is C14H26N2O. The fourth-order valence-electron chi connectivity index (χ4n) is 2.04. The van der Waals surface area contributed by atoms with Crippen LogP contribution in [-0.2, 0) is 6.54 Å². The third-order valence-electron chi connectivity index (χ3n) is 3.46. The van der Waals surface area contributed by atoms with Gasteiger partial charge in [-0.25, -0.2) is 0 Å². The van der Waals surface area contributed by atoms with E-state index in [2.05, 4.69) is 38.0 Å². The summed E-state index contributed by atoms with van der Waals surface area (Å²) < 4.78 is 5.63. The highest BCUT2D eigenvalue weighted by molar-refractivity contribution is 5.31. The number of aryl methyl sites for hydroxylation is 2. The van der Waals surface area contributed by atoms with E-state index in [1.165, 1.54) is 11.1 Å². The fourth-order valence-corrected chi connectivity index (χ4v) is 2.04. The summed E-state index contributed by atoms with van der Waals surface area (Å²) in [5.74, 6) is 2.08.